The van der Waals surface area contributed by atoms with Crippen molar-refractivity contribution in [1.82, 2.24) is 20.1 Å². The van der Waals surface area contributed by atoms with E-state index in [4.69, 9.17) is 16.3 Å². The number of ether oxygens (including phenoxy) is 1. The van der Waals surface area contributed by atoms with Gasteiger partial charge in [-0.1, -0.05) is 23.4 Å². The fourth-order valence-corrected chi connectivity index (χ4v) is 2.86. The van der Waals surface area contributed by atoms with Crippen molar-refractivity contribution in [1.29, 1.82) is 0 Å². The van der Waals surface area contributed by atoms with E-state index in [-0.39, 0.29) is 11.2 Å². The summed E-state index contributed by atoms with van der Waals surface area (Å²) >= 11 is 7.27. The number of nitrogens with zero attached hydrogens (tertiary/aromatic N) is 3. The zero-order valence-electron chi connectivity index (χ0n) is 13.2. The molecule has 8 heteroatoms. The Balaban J connectivity index is 2.04. The minimum absolute atomic E-state index is 0.0527. The van der Waals surface area contributed by atoms with Gasteiger partial charge in [0.25, 0.3) is 0 Å². The highest BCUT2D eigenvalue weighted by molar-refractivity contribution is 8.00. The number of hydrogen-bond donors (Lipinski definition) is 1. The largest absolute Gasteiger partial charge is 0.383 e. The van der Waals surface area contributed by atoms with Gasteiger partial charge in [0.1, 0.15) is 0 Å². The van der Waals surface area contributed by atoms with Gasteiger partial charge in [-0.15, -0.1) is 10.2 Å². The minimum Gasteiger partial charge on any atom is -0.383 e. The second-order valence-electron chi connectivity index (χ2n) is 4.92. The van der Waals surface area contributed by atoms with E-state index in [1.807, 2.05) is 42.8 Å². The van der Waals surface area contributed by atoms with Crippen LogP contribution in [-0.2, 0) is 16.6 Å². The van der Waals surface area contributed by atoms with Crippen LogP contribution in [0.5, 0.6) is 0 Å². The number of rotatable bonds is 7. The quantitative estimate of drug-likeness (QED) is 0.610. The average molecular weight is 355 g/mol. The molecule has 1 aromatic heterocycles. The van der Waals surface area contributed by atoms with E-state index >= 15 is 0 Å². The summed E-state index contributed by atoms with van der Waals surface area (Å²) in [4.78, 5) is 12.0. The van der Waals surface area contributed by atoms with Crippen LogP contribution < -0.4 is 5.32 Å². The molecule has 0 aliphatic heterocycles. The van der Waals surface area contributed by atoms with Crippen LogP contribution in [0.25, 0.3) is 11.4 Å². The molecular formula is C15H19ClN4O2S. The fourth-order valence-electron chi connectivity index (χ4n) is 1.90. The molecule has 0 saturated carbocycles. The second kappa shape index (κ2) is 8.33. The maximum atomic E-state index is 12.0. The Labute approximate surface area is 144 Å². The van der Waals surface area contributed by atoms with Crippen molar-refractivity contribution in [2.45, 2.75) is 17.3 Å². The van der Waals surface area contributed by atoms with Gasteiger partial charge < -0.3 is 14.6 Å². The van der Waals surface area contributed by atoms with Crippen LogP contribution in [0, 0.1) is 0 Å². The number of benzene rings is 1. The molecule has 124 valence electrons. The molecule has 0 aliphatic carbocycles. The first-order valence-electron chi connectivity index (χ1n) is 7.11. The number of halogens is 1. The summed E-state index contributed by atoms with van der Waals surface area (Å²) in [5, 5.41) is 12.3. The van der Waals surface area contributed by atoms with Crippen LogP contribution in [0.3, 0.4) is 0 Å². The Morgan fingerprint density at radius 1 is 1.39 bits per heavy atom. The lowest BCUT2D eigenvalue weighted by molar-refractivity contribution is -0.120. The molecule has 0 aliphatic rings. The van der Waals surface area contributed by atoms with Gasteiger partial charge in [-0.05, 0) is 31.2 Å². The molecule has 6 nitrogen and oxygen atoms in total. The van der Waals surface area contributed by atoms with Gasteiger partial charge in [0.15, 0.2) is 11.0 Å². The lowest BCUT2D eigenvalue weighted by atomic mass is 10.2. The zero-order chi connectivity index (χ0) is 16.8. The third-order valence-electron chi connectivity index (χ3n) is 3.19. The first-order valence-corrected chi connectivity index (χ1v) is 8.37. The third kappa shape index (κ3) is 4.70. The Kier molecular flexibility index (Phi) is 6.44. The van der Waals surface area contributed by atoms with E-state index < -0.39 is 0 Å². The molecule has 1 heterocycles. The third-order valence-corrected chi connectivity index (χ3v) is 4.58. The monoisotopic (exact) mass is 354 g/mol. The highest BCUT2D eigenvalue weighted by Crippen LogP contribution is 2.26. The molecule has 0 saturated heterocycles. The lowest BCUT2D eigenvalue weighted by Crippen LogP contribution is -2.33. The Morgan fingerprint density at radius 2 is 2.09 bits per heavy atom. The molecule has 0 fully saturated rings. The summed E-state index contributed by atoms with van der Waals surface area (Å²) in [6, 6.07) is 7.40. The number of hydrogen-bond acceptors (Lipinski definition) is 5. The molecule has 0 unspecified atom stereocenters. The summed E-state index contributed by atoms with van der Waals surface area (Å²) in [5.74, 6) is 0.680. The van der Waals surface area contributed by atoms with Crippen molar-refractivity contribution >= 4 is 29.3 Å². The minimum atomic E-state index is -0.271. The maximum Gasteiger partial charge on any atom is 0.233 e. The van der Waals surface area contributed by atoms with E-state index in [0.29, 0.717) is 23.3 Å². The summed E-state index contributed by atoms with van der Waals surface area (Å²) < 4.78 is 6.78. The second-order valence-corrected chi connectivity index (χ2v) is 6.66. The Hall–Kier alpha value is -1.57. The van der Waals surface area contributed by atoms with Crippen molar-refractivity contribution in [2.75, 3.05) is 20.3 Å². The van der Waals surface area contributed by atoms with Crippen LogP contribution >= 0.6 is 23.4 Å². The van der Waals surface area contributed by atoms with Crippen LogP contribution in [0.15, 0.2) is 29.4 Å². The Morgan fingerprint density at radius 3 is 2.74 bits per heavy atom. The zero-order valence-corrected chi connectivity index (χ0v) is 14.8. The summed E-state index contributed by atoms with van der Waals surface area (Å²) in [7, 11) is 3.48. The van der Waals surface area contributed by atoms with E-state index in [1.165, 1.54) is 11.8 Å². The first kappa shape index (κ1) is 17.8. The number of methoxy groups -OCH3 is 1. The molecule has 0 bridgehead atoms. The topological polar surface area (TPSA) is 69.0 Å². The smallest absolute Gasteiger partial charge is 0.233 e. The van der Waals surface area contributed by atoms with Crippen LogP contribution in [-0.4, -0.2) is 46.2 Å². The summed E-state index contributed by atoms with van der Waals surface area (Å²) in [6.45, 7) is 2.83. The van der Waals surface area contributed by atoms with E-state index in [1.54, 1.807) is 7.11 Å². The van der Waals surface area contributed by atoms with Crippen molar-refractivity contribution < 1.29 is 9.53 Å². The van der Waals surface area contributed by atoms with Crippen molar-refractivity contribution in [3.05, 3.63) is 29.3 Å². The van der Waals surface area contributed by atoms with Crippen molar-refractivity contribution in [2.24, 2.45) is 7.05 Å². The van der Waals surface area contributed by atoms with Gasteiger partial charge >= 0.3 is 0 Å². The van der Waals surface area contributed by atoms with Crippen LogP contribution in [0.2, 0.25) is 5.02 Å². The number of amides is 1. The highest BCUT2D eigenvalue weighted by atomic mass is 35.5. The molecule has 0 spiro atoms. The predicted octanol–water partition coefficient (Wildman–Crippen LogP) is 2.38. The van der Waals surface area contributed by atoms with Gasteiger partial charge in [-0.2, -0.15) is 0 Å². The summed E-state index contributed by atoms with van der Waals surface area (Å²) in [5.41, 5.74) is 0.924. The standard InChI is InChI=1S/C15H19ClN4O2S/c1-10(14(21)17-8-9-22-3)23-15-19-18-13(20(15)2)11-4-6-12(16)7-5-11/h4-7,10H,8-9H2,1-3H3,(H,17,21)/t10-/m0/s1. The highest BCUT2D eigenvalue weighted by Gasteiger charge is 2.19. The molecular weight excluding hydrogens is 336 g/mol. The average Bonchev–Trinajstić information content (AvgIpc) is 2.89. The molecule has 0 radical (unpaired) electrons. The maximum absolute atomic E-state index is 12.0. The van der Waals surface area contributed by atoms with E-state index in [9.17, 15) is 4.79 Å². The van der Waals surface area contributed by atoms with E-state index in [0.717, 1.165) is 11.4 Å². The number of nitrogens with one attached hydrogen (secondary N) is 1. The Bertz CT molecular complexity index is 660. The molecule has 23 heavy (non-hydrogen) atoms. The number of aromatic nitrogens is 3. The normalized spacial score (nSPS) is 12.2. The molecule has 2 aromatic rings. The summed E-state index contributed by atoms with van der Waals surface area (Å²) in [6.07, 6.45) is 0. The van der Waals surface area contributed by atoms with Gasteiger partial charge in [-0.25, -0.2) is 0 Å². The van der Waals surface area contributed by atoms with Crippen molar-refractivity contribution in [3.8, 4) is 11.4 Å². The SMILES string of the molecule is COCCNC(=O)[C@H](C)Sc1nnc(-c2ccc(Cl)cc2)n1C. The molecule has 1 amide bonds. The number of carbonyl (C=O) groups is 1. The van der Waals surface area contributed by atoms with Gasteiger partial charge in [-0.3, -0.25) is 4.79 Å². The van der Waals surface area contributed by atoms with Crippen molar-refractivity contribution in [3.63, 3.8) is 0 Å². The predicted molar refractivity (Wildman–Crippen MR) is 91.7 cm³/mol. The number of thioether (sulfide) groups is 1. The van der Waals surface area contributed by atoms with Gasteiger partial charge in [0.2, 0.25) is 5.91 Å². The molecule has 2 rings (SSSR count). The molecule has 1 N–H and O–H groups in total. The van der Waals surface area contributed by atoms with Gasteiger partial charge in [0, 0.05) is 31.3 Å². The van der Waals surface area contributed by atoms with Crippen LogP contribution in [0.1, 0.15) is 6.92 Å². The van der Waals surface area contributed by atoms with E-state index in [2.05, 4.69) is 15.5 Å². The molecule has 1 atom stereocenters. The van der Waals surface area contributed by atoms with Crippen LogP contribution in [0.4, 0.5) is 0 Å². The molecule has 1 aromatic carbocycles. The first-order chi connectivity index (χ1) is 11.0. The fraction of sp³-hybridized carbons (Fsp3) is 0.400. The van der Waals surface area contributed by atoms with Gasteiger partial charge in [0.05, 0.1) is 11.9 Å². The number of carbonyl (C=O) groups excluding carboxylic acids is 1. The lowest BCUT2D eigenvalue weighted by Gasteiger charge is -2.11.